The van der Waals surface area contributed by atoms with Gasteiger partial charge in [-0.25, -0.2) is 0 Å². The van der Waals surface area contributed by atoms with Crippen LogP contribution in [0.15, 0.2) is 6.20 Å². The Morgan fingerprint density at radius 3 is 2.50 bits per heavy atom. The van der Waals surface area contributed by atoms with Crippen LogP contribution in [0.2, 0.25) is 5.02 Å². The highest BCUT2D eigenvalue weighted by Gasteiger charge is 2.33. The second-order valence-electron chi connectivity index (χ2n) is 6.27. The maximum absolute atomic E-state index is 6.27. The lowest BCUT2D eigenvalue weighted by molar-refractivity contribution is 0.161. The van der Waals surface area contributed by atoms with Crippen LogP contribution in [0.3, 0.4) is 0 Å². The van der Waals surface area contributed by atoms with Gasteiger partial charge in [0.2, 0.25) is 0 Å². The molecule has 0 saturated heterocycles. The summed E-state index contributed by atoms with van der Waals surface area (Å²) >= 11 is 6.27. The molecule has 0 aromatic carbocycles. The highest BCUT2D eigenvalue weighted by atomic mass is 35.5. The fourth-order valence-electron chi connectivity index (χ4n) is 3.12. The molecule has 1 aliphatic carbocycles. The van der Waals surface area contributed by atoms with E-state index >= 15 is 0 Å². The predicted molar refractivity (Wildman–Crippen MR) is 75.8 cm³/mol. The van der Waals surface area contributed by atoms with E-state index < -0.39 is 0 Å². The second-order valence-corrected chi connectivity index (χ2v) is 6.68. The number of rotatable bonds is 3. The van der Waals surface area contributed by atoms with Gasteiger partial charge in [0.15, 0.2) is 0 Å². The van der Waals surface area contributed by atoms with Crippen molar-refractivity contribution in [2.24, 2.45) is 18.4 Å². The third-order valence-corrected chi connectivity index (χ3v) is 4.69. The lowest BCUT2D eigenvalue weighted by Gasteiger charge is -2.38. The lowest BCUT2D eigenvalue weighted by Crippen LogP contribution is -2.32. The van der Waals surface area contributed by atoms with E-state index in [4.69, 9.17) is 11.6 Å². The zero-order chi connectivity index (χ0) is 13.3. The summed E-state index contributed by atoms with van der Waals surface area (Å²) in [6.45, 7) is 4.74. The van der Waals surface area contributed by atoms with Gasteiger partial charge in [-0.1, -0.05) is 25.4 Å². The molecule has 18 heavy (non-hydrogen) atoms. The minimum Gasteiger partial charge on any atom is -0.311 e. The van der Waals surface area contributed by atoms with Gasteiger partial charge in [-0.05, 0) is 44.1 Å². The number of aromatic nitrogens is 2. The Labute approximate surface area is 115 Å². The molecule has 0 aliphatic heterocycles. The highest BCUT2D eigenvalue weighted by Crippen LogP contribution is 2.43. The number of hydrogen-bond donors (Lipinski definition) is 1. The molecule has 1 heterocycles. The summed E-state index contributed by atoms with van der Waals surface area (Å²) in [5.41, 5.74) is 1.63. The summed E-state index contributed by atoms with van der Waals surface area (Å²) < 4.78 is 1.91. The van der Waals surface area contributed by atoms with Crippen LogP contribution in [-0.2, 0) is 7.05 Å². The molecule has 1 aliphatic rings. The number of halogens is 1. The molecule has 102 valence electrons. The van der Waals surface area contributed by atoms with Crippen LogP contribution in [0.5, 0.6) is 0 Å². The zero-order valence-corrected chi connectivity index (χ0v) is 12.6. The molecule has 0 spiro atoms. The van der Waals surface area contributed by atoms with Crippen molar-refractivity contribution in [1.82, 2.24) is 15.1 Å². The maximum atomic E-state index is 6.27. The quantitative estimate of drug-likeness (QED) is 0.909. The Balaban J connectivity index is 2.15. The summed E-state index contributed by atoms with van der Waals surface area (Å²) in [6, 6.07) is 0.320. The number of nitrogens with zero attached hydrogens (tertiary/aromatic N) is 2. The molecule has 1 aromatic heterocycles. The van der Waals surface area contributed by atoms with Gasteiger partial charge in [0.1, 0.15) is 0 Å². The average Bonchev–Trinajstić information content (AvgIpc) is 2.64. The van der Waals surface area contributed by atoms with E-state index in [1.165, 1.54) is 25.7 Å². The standard InChI is InChI=1S/C14H24ClN3/c1-14(2)7-5-10(6-8-14)12(16-3)13-11(15)9-17-18(13)4/h9-10,12,16H,5-8H2,1-4H3. The van der Waals surface area contributed by atoms with E-state index in [0.717, 1.165) is 10.7 Å². The van der Waals surface area contributed by atoms with Gasteiger partial charge in [0, 0.05) is 7.05 Å². The van der Waals surface area contributed by atoms with Crippen LogP contribution in [0.4, 0.5) is 0 Å². The number of nitrogens with one attached hydrogen (secondary N) is 1. The zero-order valence-electron chi connectivity index (χ0n) is 11.8. The van der Waals surface area contributed by atoms with Gasteiger partial charge < -0.3 is 5.32 Å². The first-order chi connectivity index (χ1) is 8.44. The molecule has 1 N–H and O–H groups in total. The fourth-order valence-corrected chi connectivity index (χ4v) is 3.40. The number of aryl methyl sites for hydroxylation is 1. The van der Waals surface area contributed by atoms with Gasteiger partial charge in [0.05, 0.1) is 23.0 Å². The minimum absolute atomic E-state index is 0.320. The molecule has 0 bridgehead atoms. The SMILES string of the molecule is CNC(c1c(Cl)cnn1C)C1CCC(C)(C)CC1. The topological polar surface area (TPSA) is 29.9 Å². The van der Waals surface area contributed by atoms with E-state index in [-0.39, 0.29) is 0 Å². The van der Waals surface area contributed by atoms with Crippen molar-refractivity contribution < 1.29 is 0 Å². The van der Waals surface area contributed by atoms with E-state index in [1.807, 2.05) is 18.8 Å². The summed E-state index contributed by atoms with van der Waals surface area (Å²) in [4.78, 5) is 0. The predicted octanol–water partition coefficient (Wildman–Crippen LogP) is 3.55. The van der Waals surface area contributed by atoms with Crippen molar-refractivity contribution in [3.8, 4) is 0 Å². The van der Waals surface area contributed by atoms with E-state index in [1.54, 1.807) is 6.20 Å². The largest absolute Gasteiger partial charge is 0.311 e. The lowest BCUT2D eigenvalue weighted by atomic mass is 9.70. The fraction of sp³-hybridized carbons (Fsp3) is 0.786. The molecule has 1 unspecified atom stereocenters. The third-order valence-electron chi connectivity index (χ3n) is 4.40. The number of hydrogen-bond acceptors (Lipinski definition) is 2. The normalized spacial score (nSPS) is 22.1. The average molecular weight is 270 g/mol. The van der Waals surface area contributed by atoms with E-state index in [0.29, 0.717) is 17.4 Å². The van der Waals surface area contributed by atoms with E-state index in [9.17, 15) is 0 Å². The van der Waals surface area contributed by atoms with Crippen LogP contribution < -0.4 is 5.32 Å². The molecule has 1 saturated carbocycles. The molecule has 4 heteroatoms. The second kappa shape index (κ2) is 5.22. The van der Waals surface area contributed by atoms with Crippen molar-refractivity contribution >= 4 is 11.6 Å². The molecule has 0 radical (unpaired) electrons. The van der Waals surface area contributed by atoms with Gasteiger partial charge in [0.25, 0.3) is 0 Å². The van der Waals surface area contributed by atoms with Crippen LogP contribution >= 0.6 is 11.6 Å². The Hall–Kier alpha value is -0.540. The Kier molecular flexibility index (Phi) is 4.02. The van der Waals surface area contributed by atoms with Crippen molar-refractivity contribution in [2.45, 2.75) is 45.6 Å². The Morgan fingerprint density at radius 2 is 2.06 bits per heavy atom. The highest BCUT2D eigenvalue weighted by molar-refractivity contribution is 6.31. The van der Waals surface area contributed by atoms with Gasteiger partial charge in [-0.15, -0.1) is 0 Å². The van der Waals surface area contributed by atoms with E-state index in [2.05, 4.69) is 24.3 Å². The molecule has 1 fully saturated rings. The Bertz CT molecular complexity index is 382. The summed E-state index contributed by atoms with van der Waals surface area (Å²) in [5.74, 6) is 0.663. The maximum Gasteiger partial charge on any atom is 0.0834 e. The third kappa shape index (κ3) is 2.72. The summed E-state index contributed by atoms with van der Waals surface area (Å²) in [6.07, 6.45) is 6.87. The molecule has 2 rings (SSSR count). The molecular weight excluding hydrogens is 246 g/mol. The van der Waals surface area contributed by atoms with Crippen molar-refractivity contribution in [3.63, 3.8) is 0 Å². The van der Waals surface area contributed by atoms with Crippen LogP contribution in [-0.4, -0.2) is 16.8 Å². The monoisotopic (exact) mass is 269 g/mol. The first kappa shape index (κ1) is 13.9. The minimum atomic E-state index is 0.320. The summed E-state index contributed by atoms with van der Waals surface area (Å²) in [7, 11) is 3.99. The smallest absolute Gasteiger partial charge is 0.0834 e. The Morgan fingerprint density at radius 1 is 1.44 bits per heavy atom. The van der Waals surface area contributed by atoms with Crippen molar-refractivity contribution in [3.05, 3.63) is 16.9 Å². The van der Waals surface area contributed by atoms with Crippen molar-refractivity contribution in [2.75, 3.05) is 7.05 Å². The molecule has 1 atom stereocenters. The first-order valence-corrected chi connectivity index (χ1v) is 7.17. The van der Waals surface area contributed by atoms with Crippen LogP contribution in [0, 0.1) is 11.3 Å². The van der Waals surface area contributed by atoms with Crippen LogP contribution in [0.25, 0.3) is 0 Å². The van der Waals surface area contributed by atoms with Gasteiger partial charge >= 0.3 is 0 Å². The summed E-state index contributed by atoms with van der Waals surface area (Å²) in [5, 5.41) is 8.47. The molecule has 1 aromatic rings. The molecular formula is C14H24ClN3. The van der Waals surface area contributed by atoms with Crippen LogP contribution in [0.1, 0.15) is 51.3 Å². The van der Waals surface area contributed by atoms with Gasteiger partial charge in [-0.3, -0.25) is 4.68 Å². The van der Waals surface area contributed by atoms with Gasteiger partial charge in [-0.2, -0.15) is 5.10 Å². The molecule has 3 nitrogen and oxygen atoms in total. The molecule has 0 amide bonds. The first-order valence-electron chi connectivity index (χ1n) is 6.79. The van der Waals surface area contributed by atoms with Crippen molar-refractivity contribution in [1.29, 1.82) is 0 Å².